The van der Waals surface area contributed by atoms with Crippen LogP contribution in [0.15, 0.2) is 24.3 Å². The summed E-state index contributed by atoms with van der Waals surface area (Å²) in [4.78, 5) is 0. The van der Waals surface area contributed by atoms with Crippen LogP contribution in [0.3, 0.4) is 0 Å². The molecule has 19 heavy (non-hydrogen) atoms. The van der Waals surface area contributed by atoms with Gasteiger partial charge in [-0.1, -0.05) is 31.2 Å². The molecule has 0 radical (unpaired) electrons. The Balaban J connectivity index is 2.59. The smallest absolute Gasteiger partial charge is 0.309 e. The summed E-state index contributed by atoms with van der Waals surface area (Å²) in [5.74, 6) is -1.97. The highest BCUT2D eigenvalue weighted by molar-refractivity contribution is 5.24. The molecule has 1 aromatic carbocycles. The minimum Gasteiger partial charge on any atom is -0.309 e. The van der Waals surface area contributed by atoms with E-state index in [-0.39, 0.29) is 6.04 Å². The summed E-state index contributed by atoms with van der Waals surface area (Å²) in [5.41, 5.74) is 2.09. The Labute approximate surface area is 111 Å². The summed E-state index contributed by atoms with van der Waals surface area (Å²) in [6, 6.07) is 8.76. The van der Waals surface area contributed by atoms with Gasteiger partial charge in [-0.05, 0) is 24.5 Å². The Morgan fingerprint density at radius 1 is 1.26 bits per heavy atom. The summed E-state index contributed by atoms with van der Waals surface area (Å²) < 4.78 is 37.2. The van der Waals surface area contributed by atoms with Gasteiger partial charge in [-0.25, -0.2) is 0 Å². The third kappa shape index (κ3) is 4.56. The van der Waals surface area contributed by atoms with Gasteiger partial charge in [0.15, 0.2) is 5.92 Å². The Bertz CT molecular complexity index is 431. The molecular formula is C14H17F3N2. The predicted octanol–water partition coefficient (Wildman–Crippen LogP) is 3.60. The van der Waals surface area contributed by atoms with Crippen molar-refractivity contribution in [3.05, 3.63) is 35.4 Å². The molecule has 0 fully saturated rings. The zero-order valence-electron chi connectivity index (χ0n) is 11.0. The molecule has 2 atom stereocenters. The molecule has 0 bridgehead atoms. The van der Waals surface area contributed by atoms with E-state index in [1.807, 2.05) is 31.2 Å². The second-order valence-corrected chi connectivity index (χ2v) is 4.45. The summed E-state index contributed by atoms with van der Waals surface area (Å²) in [7, 11) is 0. The molecule has 5 heteroatoms. The number of hydrogen-bond acceptors (Lipinski definition) is 2. The van der Waals surface area contributed by atoms with E-state index >= 15 is 0 Å². The second-order valence-electron chi connectivity index (χ2n) is 4.45. The van der Waals surface area contributed by atoms with Crippen molar-refractivity contribution in [3.63, 3.8) is 0 Å². The van der Waals surface area contributed by atoms with Crippen LogP contribution < -0.4 is 5.32 Å². The highest BCUT2D eigenvalue weighted by atomic mass is 19.4. The van der Waals surface area contributed by atoms with Gasteiger partial charge >= 0.3 is 6.18 Å². The Kier molecular flexibility index (Phi) is 5.37. The van der Waals surface area contributed by atoms with E-state index in [0.717, 1.165) is 12.0 Å². The van der Waals surface area contributed by atoms with E-state index in [1.54, 1.807) is 6.92 Å². The fourth-order valence-corrected chi connectivity index (χ4v) is 1.69. The Hall–Kier alpha value is -1.54. The first-order valence-electron chi connectivity index (χ1n) is 6.17. The topological polar surface area (TPSA) is 35.8 Å². The van der Waals surface area contributed by atoms with Crippen LogP contribution in [0.5, 0.6) is 0 Å². The van der Waals surface area contributed by atoms with Gasteiger partial charge in [-0.2, -0.15) is 18.4 Å². The number of alkyl halides is 3. The fourth-order valence-electron chi connectivity index (χ4n) is 1.69. The molecule has 0 amide bonds. The van der Waals surface area contributed by atoms with E-state index in [9.17, 15) is 13.2 Å². The van der Waals surface area contributed by atoms with Crippen molar-refractivity contribution in [2.24, 2.45) is 5.92 Å². The molecule has 0 aliphatic carbocycles. The van der Waals surface area contributed by atoms with Gasteiger partial charge in [0.25, 0.3) is 0 Å². The lowest BCUT2D eigenvalue weighted by Gasteiger charge is -2.18. The first kappa shape index (κ1) is 15.5. The van der Waals surface area contributed by atoms with Crippen molar-refractivity contribution < 1.29 is 13.2 Å². The van der Waals surface area contributed by atoms with Gasteiger partial charge in [0.1, 0.15) is 0 Å². The van der Waals surface area contributed by atoms with Crippen molar-refractivity contribution in [3.8, 4) is 6.07 Å². The lowest BCUT2D eigenvalue weighted by molar-refractivity contribution is -0.157. The quantitative estimate of drug-likeness (QED) is 0.887. The normalized spacial score (nSPS) is 14.7. The predicted molar refractivity (Wildman–Crippen MR) is 67.4 cm³/mol. The summed E-state index contributed by atoms with van der Waals surface area (Å²) in [6.07, 6.45) is -3.56. The van der Waals surface area contributed by atoms with Crippen LogP contribution in [-0.4, -0.2) is 12.7 Å². The van der Waals surface area contributed by atoms with Crippen molar-refractivity contribution in [1.29, 1.82) is 5.26 Å². The number of halogens is 3. The number of nitrogens with one attached hydrogen (secondary N) is 1. The maximum Gasteiger partial charge on any atom is 0.405 e. The van der Waals surface area contributed by atoms with Crippen LogP contribution >= 0.6 is 0 Å². The average molecular weight is 270 g/mol. The van der Waals surface area contributed by atoms with Crippen LogP contribution in [0.4, 0.5) is 13.2 Å². The summed E-state index contributed by atoms with van der Waals surface area (Å²) in [6.45, 7) is 3.43. The second kappa shape index (κ2) is 6.58. The molecule has 0 aliphatic rings. The lowest BCUT2D eigenvalue weighted by Crippen LogP contribution is -2.33. The van der Waals surface area contributed by atoms with Crippen LogP contribution in [-0.2, 0) is 6.42 Å². The van der Waals surface area contributed by atoms with Crippen molar-refractivity contribution in [1.82, 2.24) is 5.32 Å². The van der Waals surface area contributed by atoms with Gasteiger partial charge < -0.3 is 5.32 Å². The first-order valence-corrected chi connectivity index (χ1v) is 6.17. The zero-order valence-corrected chi connectivity index (χ0v) is 11.0. The van der Waals surface area contributed by atoms with E-state index in [4.69, 9.17) is 5.26 Å². The van der Waals surface area contributed by atoms with E-state index < -0.39 is 18.6 Å². The third-order valence-corrected chi connectivity index (χ3v) is 3.07. The molecule has 0 saturated heterocycles. The number of nitrogens with zero attached hydrogens (tertiary/aromatic N) is 1. The van der Waals surface area contributed by atoms with Crippen LogP contribution in [0.25, 0.3) is 0 Å². The molecule has 1 rings (SSSR count). The Morgan fingerprint density at radius 3 is 2.26 bits per heavy atom. The van der Waals surface area contributed by atoms with Gasteiger partial charge in [-0.15, -0.1) is 0 Å². The molecule has 1 N–H and O–H groups in total. The van der Waals surface area contributed by atoms with E-state index in [1.165, 1.54) is 11.6 Å². The molecule has 0 heterocycles. The fraction of sp³-hybridized carbons (Fsp3) is 0.500. The number of nitriles is 1. The SMILES string of the molecule is CCc1ccc(C(C)NCC(C#N)C(F)(F)F)cc1. The molecule has 0 saturated carbocycles. The summed E-state index contributed by atoms with van der Waals surface area (Å²) >= 11 is 0. The number of aryl methyl sites for hydroxylation is 1. The molecule has 2 unspecified atom stereocenters. The third-order valence-electron chi connectivity index (χ3n) is 3.07. The van der Waals surface area contributed by atoms with Crippen molar-refractivity contribution >= 4 is 0 Å². The van der Waals surface area contributed by atoms with Crippen LogP contribution in [0.2, 0.25) is 0 Å². The molecule has 0 aromatic heterocycles. The lowest BCUT2D eigenvalue weighted by atomic mass is 10.0. The first-order chi connectivity index (χ1) is 8.88. The minimum absolute atomic E-state index is 0.218. The molecular weight excluding hydrogens is 253 g/mol. The van der Waals surface area contributed by atoms with Crippen molar-refractivity contribution in [2.75, 3.05) is 6.54 Å². The van der Waals surface area contributed by atoms with Gasteiger partial charge in [0, 0.05) is 12.6 Å². The molecule has 104 valence electrons. The molecule has 2 nitrogen and oxygen atoms in total. The van der Waals surface area contributed by atoms with E-state index in [2.05, 4.69) is 5.32 Å². The Morgan fingerprint density at radius 2 is 1.84 bits per heavy atom. The highest BCUT2D eigenvalue weighted by Crippen LogP contribution is 2.25. The monoisotopic (exact) mass is 270 g/mol. The molecule has 0 aliphatic heterocycles. The largest absolute Gasteiger partial charge is 0.405 e. The number of hydrogen-bond donors (Lipinski definition) is 1. The molecule has 0 spiro atoms. The number of benzene rings is 1. The molecule has 1 aromatic rings. The van der Waals surface area contributed by atoms with Gasteiger partial charge in [-0.3, -0.25) is 0 Å². The standard InChI is InChI=1S/C14H17F3N2/c1-3-11-4-6-12(7-5-11)10(2)19-9-13(8-18)14(15,16)17/h4-7,10,13,19H,3,9H2,1-2H3. The maximum atomic E-state index is 12.4. The van der Waals surface area contributed by atoms with Crippen molar-refractivity contribution in [2.45, 2.75) is 32.5 Å². The van der Waals surface area contributed by atoms with Gasteiger partial charge in [0.05, 0.1) is 6.07 Å². The summed E-state index contributed by atoms with van der Waals surface area (Å²) in [5, 5.41) is 11.3. The highest BCUT2D eigenvalue weighted by Gasteiger charge is 2.39. The van der Waals surface area contributed by atoms with E-state index in [0.29, 0.717) is 0 Å². The minimum atomic E-state index is -4.48. The van der Waals surface area contributed by atoms with Crippen LogP contribution in [0.1, 0.15) is 31.0 Å². The maximum absolute atomic E-state index is 12.4. The number of rotatable bonds is 5. The van der Waals surface area contributed by atoms with Gasteiger partial charge in [0.2, 0.25) is 0 Å². The zero-order chi connectivity index (χ0) is 14.5. The van der Waals surface area contributed by atoms with Crippen LogP contribution in [0, 0.1) is 17.2 Å². The average Bonchev–Trinajstić information content (AvgIpc) is 2.37.